The molecule has 0 saturated heterocycles. The third-order valence-corrected chi connectivity index (χ3v) is 2.20. The molecule has 0 unspecified atom stereocenters. The second-order valence-corrected chi connectivity index (χ2v) is 3.73. The molecule has 106 valence electrons. The molecule has 2 N–H and O–H groups in total. The molecule has 0 atom stereocenters. The minimum absolute atomic E-state index is 0.0222. The summed E-state index contributed by atoms with van der Waals surface area (Å²) in [4.78, 5) is 11.3. The zero-order valence-electron chi connectivity index (χ0n) is 10.9. The van der Waals surface area contributed by atoms with Crippen LogP contribution in [0.25, 0.3) is 0 Å². The van der Waals surface area contributed by atoms with Gasteiger partial charge in [-0.1, -0.05) is 12.1 Å². The van der Waals surface area contributed by atoms with Crippen LogP contribution in [0.5, 0.6) is 0 Å². The van der Waals surface area contributed by atoms with Crippen molar-refractivity contribution in [2.24, 2.45) is 0 Å². The summed E-state index contributed by atoms with van der Waals surface area (Å²) in [5.41, 5.74) is 1.56. The summed E-state index contributed by atoms with van der Waals surface area (Å²) < 4.78 is 15.0. The lowest BCUT2D eigenvalue weighted by atomic mass is 10.2. The highest BCUT2D eigenvalue weighted by atomic mass is 16.6. The van der Waals surface area contributed by atoms with Crippen molar-refractivity contribution < 1.29 is 24.1 Å². The van der Waals surface area contributed by atoms with Gasteiger partial charge in [-0.3, -0.25) is 5.32 Å². The van der Waals surface area contributed by atoms with Gasteiger partial charge < -0.3 is 19.3 Å². The van der Waals surface area contributed by atoms with Crippen LogP contribution in [0.1, 0.15) is 5.56 Å². The largest absolute Gasteiger partial charge is 0.447 e. The molecular weight excluding hydrogens is 250 g/mol. The fourth-order valence-electron chi connectivity index (χ4n) is 1.36. The number of hydrogen-bond acceptors (Lipinski definition) is 5. The Bertz CT molecular complexity index is 383. The number of benzene rings is 1. The van der Waals surface area contributed by atoms with E-state index in [9.17, 15) is 4.79 Å². The predicted octanol–water partition coefficient (Wildman–Crippen LogP) is 1.39. The van der Waals surface area contributed by atoms with E-state index in [0.717, 1.165) is 5.56 Å². The molecule has 0 spiro atoms. The van der Waals surface area contributed by atoms with Crippen LogP contribution in [0.15, 0.2) is 24.3 Å². The quantitative estimate of drug-likeness (QED) is 0.697. The van der Waals surface area contributed by atoms with Crippen LogP contribution in [-0.2, 0) is 20.8 Å². The number of rotatable bonds is 8. The number of carbonyl (C=O) groups is 1. The van der Waals surface area contributed by atoms with Gasteiger partial charge in [-0.25, -0.2) is 4.79 Å². The van der Waals surface area contributed by atoms with Gasteiger partial charge in [0.15, 0.2) is 0 Å². The van der Waals surface area contributed by atoms with Gasteiger partial charge in [-0.15, -0.1) is 0 Å². The number of carbonyl (C=O) groups excluding carboxylic acids is 1. The molecule has 19 heavy (non-hydrogen) atoms. The van der Waals surface area contributed by atoms with Crippen molar-refractivity contribution in [1.82, 2.24) is 0 Å². The van der Waals surface area contributed by atoms with Crippen LogP contribution in [0.3, 0.4) is 0 Å². The Morgan fingerprint density at radius 3 is 2.89 bits per heavy atom. The minimum atomic E-state index is -0.591. The van der Waals surface area contributed by atoms with E-state index >= 15 is 0 Å². The minimum Gasteiger partial charge on any atom is -0.447 e. The number of hydrogen-bond donors (Lipinski definition) is 2. The normalized spacial score (nSPS) is 10.2. The van der Waals surface area contributed by atoms with E-state index in [1.54, 1.807) is 19.2 Å². The number of nitrogens with one attached hydrogen (secondary N) is 1. The van der Waals surface area contributed by atoms with Gasteiger partial charge in [-0.2, -0.15) is 0 Å². The standard InChI is InChI=1S/C13H19NO5/c1-17-7-8-18-10-11-3-2-4-12(9-11)14-13(16)19-6-5-15/h2-4,9,15H,5-8,10H2,1H3,(H,14,16). The molecule has 0 heterocycles. The van der Waals surface area contributed by atoms with Crippen LogP contribution in [0, 0.1) is 0 Å². The van der Waals surface area contributed by atoms with E-state index in [4.69, 9.17) is 19.3 Å². The van der Waals surface area contributed by atoms with Crippen LogP contribution in [0.2, 0.25) is 0 Å². The molecular formula is C13H19NO5. The molecule has 0 aromatic heterocycles. The number of amides is 1. The van der Waals surface area contributed by atoms with Crippen LogP contribution >= 0.6 is 0 Å². The summed E-state index contributed by atoms with van der Waals surface area (Å²) in [7, 11) is 1.62. The molecule has 0 aliphatic heterocycles. The maximum atomic E-state index is 11.3. The second-order valence-electron chi connectivity index (χ2n) is 3.73. The van der Waals surface area contributed by atoms with E-state index in [0.29, 0.717) is 25.5 Å². The van der Waals surface area contributed by atoms with Crippen molar-refractivity contribution >= 4 is 11.8 Å². The fourth-order valence-corrected chi connectivity index (χ4v) is 1.36. The van der Waals surface area contributed by atoms with Crippen molar-refractivity contribution in [3.05, 3.63) is 29.8 Å². The Morgan fingerprint density at radius 2 is 2.16 bits per heavy atom. The lowest BCUT2D eigenvalue weighted by molar-refractivity contribution is 0.0617. The number of aliphatic hydroxyl groups is 1. The Kier molecular flexibility index (Phi) is 7.57. The molecule has 0 saturated carbocycles. The van der Waals surface area contributed by atoms with Crippen molar-refractivity contribution in [2.45, 2.75) is 6.61 Å². The molecule has 1 aromatic rings. The highest BCUT2D eigenvalue weighted by Gasteiger charge is 2.03. The fraction of sp³-hybridized carbons (Fsp3) is 0.462. The molecule has 1 amide bonds. The predicted molar refractivity (Wildman–Crippen MR) is 70.0 cm³/mol. The monoisotopic (exact) mass is 269 g/mol. The first-order chi connectivity index (χ1) is 9.26. The van der Waals surface area contributed by atoms with Gasteiger partial charge in [0.2, 0.25) is 0 Å². The van der Waals surface area contributed by atoms with Crippen molar-refractivity contribution in [3.63, 3.8) is 0 Å². The summed E-state index contributed by atoms with van der Waals surface area (Å²) in [6, 6.07) is 7.26. The lowest BCUT2D eigenvalue weighted by Crippen LogP contribution is -2.15. The number of aliphatic hydroxyl groups excluding tert-OH is 1. The highest BCUT2D eigenvalue weighted by Crippen LogP contribution is 2.11. The summed E-state index contributed by atoms with van der Waals surface area (Å²) in [5.74, 6) is 0. The maximum absolute atomic E-state index is 11.3. The summed E-state index contributed by atoms with van der Waals surface area (Å²) >= 11 is 0. The van der Waals surface area contributed by atoms with E-state index in [1.165, 1.54) is 0 Å². The highest BCUT2D eigenvalue weighted by molar-refractivity contribution is 5.84. The third-order valence-electron chi connectivity index (χ3n) is 2.20. The smallest absolute Gasteiger partial charge is 0.411 e. The van der Waals surface area contributed by atoms with Gasteiger partial charge in [0.05, 0.1) is 26.4 Å². The molecule has 6 heteroatoms. The number of ether oxygens (including phenoxy) is 3. The lowest BCUT2D eigenvalue weighted by Gasteiger charge is -2.08. The number of methoxy groups -OCH3 is 1. The summed E-state index contributed by atoms with van der Waals surface area (Å²) in [6.07, 6.45) is -0.591. The molecule has 0 fully saturated rings. The van der Waals surface area contributed by atoms with Crippen LogP contribution in [-0.4, -0.2) is 44.7 Å². The van der Waals surface area contributed by atoms with Crippen LogP contribution < -0.4 is 5.32 Å². The molecule has 6 nitrogen and oxygen atoms in total. The molecule has 1 rings (SSSR count). The zero-order chi connectivity index (χ0) is 13.9. The maximum Gasteiger partial charge on any atom is 0.411 e. The van der Waals surface area contributed by atoms with Gasteiger partial charge in [0, 0.05) is 12.8 Å². The number of anilines is 1. The van der Waals surface area contributed by atoms with E-state index < -0.39 is 6.09 Å². The van der Waals surface area contributed by atoms with Gasteiger partial charge in [0.25, 0.3) is 0 Å². The SMILES string of the molecule is COCCOCc1cccc(NC(=O)OCCO)c1. The van der Waals surface area contributed by atoms with Gasteiger partial charge in [0.1, 0.15) is 6.61 Å². The Balaban J connectivity index is 2.40. The second kappa shape index (κ2) is 9.32. The molecule has 0 aliphatic rings. The van der Waals surface area contributed by atoms with Crippen molar-refractivity contribution in [1.29, 1.82) is 0 Å². The summed E-state index contributed by atoms with van der Waals surface area (Å²) in [6.45, 7) is 1.30. The van der Waals surface area contributed by atoms with Gasteiger partial charge in [-0.05, 0) is 17.7 Å². The zero-order valence-corrected chi connectivity index (χ0v) is 10.9. The Hall–Kier alpha value is -1.63. The van der Waals surface area contributed by atoms with Gasteiger partial charge >= 0.3 is 6.09 Å². The third kappa shape index (κ3) is 6.76. The van der Waals surface area contributed by atoms with E-state index in [2.05, 4.69) is 5.32 Å². The Morgan fingerprint density at radius 1 is 1.32 bits per heavy atom. The molecule has 0 radical (unpaired) electrons. The first-order valence-corrected chi connectivity index (χ1v) is 5.96. The summed E-state index contributed by atoms with van der Waals surface area (Å²) in [5, 5.41) is 11.1. The van der Waals surface area contributed by atoms with Crippen molar-refractivity contribution in [3.8, 4) is 0 Å². The van der Waals surface area contributed by atoms with E-state index in [1.807, 2.05) is 12.1 Å². The van der Waals surface area contributed by atoms with E-state index in [-0.39, 0.29) is 13.2 Å². The average Bonchev–Trinajstić information content (AvgIpc) is 2.42. The first-order valence-electron chi connectivity index (χ1n) is 5.96. The van der Waals surface area contributed by atoms with Crippen LogP contribution in [0.4, 0.5) is 10.5 Å². The van der Waals surface area contributed by atoms with Crippen molar-refractivity contribution in [2.75, 3.05) is 38.9 Å². The Labute approximate surface area is 112 Å². The molecule has 0 bridgehead atoms. The first kappa shape index (κ1) is 15.4. The average molecular weight is 269 g/mol. The molecule has 1 aromatic carbocycles. The topological polar surface area (TPSA) is 77.0 Å². The molecule has 0 aliphatic carbocycles.